The van der Waals surface area contributed by atoms with Crippen molar-refractivity contribution in [1.82, 2.24) is 0 Å². The van der Waals surface area contributed by atoms with E-state index in [1.54, 1.807) is 19.9 Å². The Morgan fingerprint density at radius 2 is 1.69 bits per heavy atom. The second-order valence-electron chi connectivity index (χ2n) is 3.06. The minimum absolute atomic E-state index is 0.486. The molecular formula is C11H12F2. The van der Waals surface area contributed by atoms with Gasteiger partial charge >= 0.3 is 0 Å². The lowest BCUT2D eigenvalue weighted by molar-refractivity contribution is 0.568. The zero-order valence-corrected chi connectivity index (χ0v) is 7.82. The first-order valence-corrected chi connectivity index (χ1v) is 4.13. The van der Waals surface area contributed by atoms with Gasteiger partial charge in [-0.1, -0.05) is 6.08 Å². The molecule has 1 aromatic carbocycles. The van der Waals surface area contributed by atoms with Crippen LogP contribution in [0.2, 0.25) is 0 Å². The first kappa shape index (κ1) is 9.90. The summed E-state index contributed by atoms with van der Waals surface area (Å²) in [6, 6.07) is 0.928. The van der Waals surface area contributed by atoms with E-state index >= 15 is 0 Å². The summed E-state index contributed by atoms with van der Waals surface area (Å²) in [6.45, 7) is 6.86. The Balaban J connectivity index is 3.36. The second-order valence-corrected chi connectivity index (χ2v) is 3.06. The molecule has 70 valence electrons. The maximum absolute atomic E-state index is 13.1. The van der Waals surface area contributed by atoms with Crippen LogP contribution in [0.1, 0.15) is 16.7 Å². The van der Waals surface area contributed by atoms with Crippen molar-refractivity contribution in [2.45, 2.75) is 20.3 Å². The van der Waals surface area contributed by atoms with E-state index in [0.717, 1.165) is 6.07 Å². The molecule has 0 aromatic heterocycles. The summed E-state index contributed by atoms with van der Waals surface area (Å²) >= 11 is 0. The van der Waals surface area contributed by atoms with Gasteiger partial charge in [-0.3, -0.25) is 0 Å². The van der Waals surface area contributed by atoms with Gasteiger partial charge < -0.3 is 0 Å². The highest BCUT2D eigenvalue weighted by Gasteiger charge is 2.10. The summed E-state index contributed by atoms with van der Waals surface area (Å²) in [4.78, 5) is 0. The van der Waals surface area contributed by atoms with Gasteiger partial charge in [0.15, 0.2) is 0 Å². The Morgan fingerprint density at radius 3 is 2.08 bits per heavy atom. The largest absolute Gasteiger partial charge is 0.207 e. The van der Waals surface area contributed by atoms with Gasteiger partial charge in [-0.2, -0.15) is 0 Å². The van der Waals surface area contributed by atoms with Crippen LogP contribution in [0.5, 0.6) is 0 Å². The van der Waals surface area contributed by atoms with Gasteiger partial charge in [0.25, 0.3) is 0 Å². The highest BCUT2D eigenvalue weighted by molar-refractivity contribution is 5.37. The van der Waals surface area contributed by atoms with Crippen LogP contribution in [0.4, 0.5) is 8.78 Å². The molecule has 0 aliphatic rings. The summed E-state index contributed by atoms with van der Waals surface area (Å²) in [5.41, 5.74) is 1.73. The molecule has 0 aliphatic carbocycles. The van der Waals surface area contributed by atoms with Crippen LogP contribution in [0, 0.1) is 25.5 Å². The third-order valence-corrected chi connectivity index (χ3v) is 2.22. The molecule has 13 heavy (non-hydrogen) atoms. The molecule has 0 atom stereocenters. The highest BCUT2D eigenvalue weighted by Crippen LogP contribution is 2.20. The molecule has 0 amide bonds. The third-order valence-electron chi connectivity index (χ3n) is 2.22. The van der Waals surface area contributed by atoms with Gasteiger partial charge in [0, 0.05) is 6.07 Å². The molecule has 0 bridgehead atoms. The zero-order valence-electron chi connectivity index (χ0n) is 7.82. The van der Waals surface area contributed by atoms with E-state index in [1.807, 2.05) is 0 Å². The topological polar surface area (TPSA) is 0 Å². The fourth-order valence-corrected chi connectivity index (χ4v) is 1.35. The quantitative estimate of drug-likeness (QED) is 0.615. The van der Waals surface area contributed by atoms with Crippen molar-refractivity contribution in [3.05, 3.63) is 47.0 Å². The van der Waals surface area contributed by atoms with Gasteiger partial charge in [0.05, 0.1) is 0 Å². The molecule has 0 unspecified atom stereocenters. The van der Waals surface area contributed by atoms with Crippen molar-refractivity contribution in [1.29, 1.82) is 0 Å². The van der Waals surface area contributed by atoms with Crippen molar-refractivity contribution in [2.24, 2.45) is 0 Å². The number of allylic oxidation sites excluding steroid dienone is 1. The Morgan fingerprint density at radius 1 is 1.23 bits per heavy atom. The monoisotopic (exact) mass is 182 g/mol. The van der Waals surface area contributed by atoms with Crippen molar-refractivity contribution in [2.75, 3.05) is 0 Å². The Labute approximate surface area is 76.9 Å². The summed E-state index contributed by atoms with van der Waals surface area (Å²) in [6.07, 6.45) is 2.15. The summed E-state index contributed by atoms with van der Waals surface area (Å²) in [7, 11) is 0. The van der Waals surface area contributed by atoms with Gasteiger partial charge in [-0.25, -0.2) is 8.78 Å². The molecule has 0 heterocycles. The molecule has 0 spiro atoms. The molecule has 0 nitrogen and oxygen atoms in total. The average molecular weight is 182 g/mol. The fourth-order valence-electron chi connectivity index (χ4n) is 1.35. The average Bonchev–Trinajstić information content (AvgIpc) is 2.09. The van der Waals surface area contributed by atoms with Gasteiger partial charge in [0.1, 0.15) is 11.6 Å². The Kier molecular flexibility index (Phi) is 2.81. The van der Waals surface area contributed by atoms with E-state index in [2.05, 4.69) is 6.58 Å². The molecule has 0 saturated carbocycles. The van der Waals surface area contributed by atoms with E-state index in [-0.39, 0.29) is 0 Å². The first-order valence-electron chi connectivity index (χ1n) is 4.13. The summed E-state index contributed by atoms with van der Waals surface area (Å²) < 4.78 is 26.1. The predicted molar refractivity (Wildman–Crippen MR) is 49.7 cm³/mol. The van der Waals surface area contributed by atoms with Gasteiger partial charge in [-0.05, 0) is 37.0 Å². The van der Waals surface area contributed by atoms with E-state index in [9.17, 15) is 8.78 Å². The molecule has 1 aromatic rings. The van der Waals surface area contributed by atoms with Gasteiger partial charge in [0.2, 0.25) is 0 Å². The van der Waals surface area contributed by atoms with Crippen LogP contribution < -0.4 is 0 Å². The maximum Gasteiger partial charge on any atom is 0.129 e. The van der Waals surface area contributed by atoms with E-state index in [1.165, 1.54) is 0 Å². The third kappa shape index (κ3) is 1.77. The summed E-state index contributed by atoms with van der Waals surface area (Å²) in [5.74, 6) is -0.972. The molecule has 2 heteroatoms. The molecule has 0 aliphatic heterocycles. The lowest BCUT2D eigenvalue weighted by Crippen LogP contribution is -1.99. The number of hydrogen-bond acceptors (Lipinski definition) is 0. The van der Waals surface area contributed by atoms with Crippen LogP contribution >= 0.6 is 0 Å². The molecule has 0 saturated heterocycles. The van der Waals surface area contributed by atoms with Crippen molar-refractivity contribution in [3.63, 3.8) is 0 Å². The molecule has 1 rings (SSSR count). The molecule has 0 radical (unpaired) electrons. The van der Waals surface area contributed by atoms with E-state index in [0.29, 0.717) is 23.1 Å². The lowest BCUT2D eigenvalue weighted by Gasteiger charge is -2.09. The zero-order chi connectivity index (χ0) is 10.0. The molecule has 0 fully saturated rings. The Hall–Kier alpha value is -1.18. The maximum atomic E-state index is 13.1. The number of rotatable bonds is 2. The van der Waals surface area contributed by atoms with Crippen molar-refractivity contribution in [3.8, 4) is 0 Å². The summed E-state index contributed by atoms with van der Waals surface area (Å²) in [5, 5.41) is 0. The van der Waals surface area contributed by atoms with E-state index in [4.69, 9.17) is 0 Å². The van der Waals surface area contributed by atoms with Crippen molar-refractivity contribution >= 4 is 0 Å². The van der Waals surface area contributed by atoms with Crippen LogP contribution in [0.25, 0.3) is 0 Å². The smallest absolute Gasteiger partial charge is 0.129 e. The number of hydrogen-bond donors (Lipinski definition) is 0. The Bertz CT molecular complexity index is 314. The van der Waals surface area contributed by atoms with Crippen LogP contribution in [0.3, 0.4) is 0 Å². The van der Waals surface area contributed by atoms with Crippen LogP contribution in [0.15, 0.2) is 18.7 Å². The second kappa shape index (κ2) is 3.69. The standard InChI is InChI=1S/C11H12F2/c1-4-5-9-7(2)10(12)6-11(13)8(9)3/h4,6H,1,5H2,2-3H3. The van der Waals surface area contributed by atoms with Crippen molar-refractivity contribution < 1.29 is 8.78 Å². The van der Waals surface area contributed by atoms with Crippen LogP contribution in [-0.2, 0) is 6.42 Å². The number of halogens is 2. The number of benzene rings is 1. The lowest BCUT2D eigenvalue weighted by atomic mass is 9.99. The van der Waals surface area contributed by atoms with Crippen LogP contribution in [-0.4, -0.2) is 0 Å². The highest BCUT2D eigenvalue weighted by atomic mass is 19.1. The predicted octanol–water partition coefficient (Wildman–Crippen LogP) is 3.31. The minimum Gasteiger partial charge on any atom is -0.207 e. The fraction of sp³-hybridized carbons (Fsp3) is 0.273. The van der Waals surface area contributed by atoms with E-state index < -0.39 is 11.6 Å². The molecular weight excluding hydrogens is 170 g/mol. The van der Waals surface area contributed by atoms with Gasteiger partial charge in [-0.15, -0.1) is 6.58 Å². The first-order chi connectivity index (χ1) is 6.07. The molecule has 0 N–H and O–H groups in total. The minimum atomic E-state index is -0.486. The SMILES string of the molecule is C=CCc1c(C)c(F)cc(F)c1C. The normalized spacial score (nSPS) is 10.2.